The lowest BCUT2D eigenvalue weighted by Crippen LogP contribution is -2.04. The SMILES string of the molecule is O=C(Cc1ccc(Cl)c(F)c1)c1cccc2ccccc12. The van der Waals surface area contributed by atoms with Gasteiger partial charge < -0.3 is 0 Å². The minimum Gasteiger partial charge on any atom is -0.294 e. The first-order valence-electron chi connectivity index (χ1n) is 6.60. The van der Waals surface area contributed by atoms with Crippen LogP contribution in [0.3, 0.4) is 0 Å². The molecule has 0 fully saturated rings. The molecule has 0 amide bonds. The van der Waals surface area contributed by atoms with Crippen molar-refractivity contribution in [1.82, 2.24) is 0 Å². The number of hydrogen-bond donors (Lipinski definition) is 0. The molecule has 0 N–H and O–H groups in total. The Balaban J connectivity index is 1.95. The van der Waals surface area contributed by atoms with Gasteiger partial charge >= 0.3 is 0 Å². The quantitative estimate of drug-likeness (QED) is 0.618. The summed E-state index contributed by atoms with van der Waals surface area (Å²) in [4.78, 5) is 12.5. The van der Waals surface area contributed by atoms with Crippen molar-refractivity contribution in [2.24, 2.45) is 0 Å². The number of rotatable bonds is 3. The van der Waals surface area contributed by atoms with Crippen molar-refractivity contribution in [2.45, 2.75) is 6.42 Å². The first-order valence-corrected chi connectivity index (χ1v) is 6.98. The predicted molar refractivity (Wildman–Crippen MR) is 83.4 cm³/mol. The van der Waals surface area contributed by atoms with Gasteiger partial charge in [-0.1, -0.05) is 60.1 Å². The van der Waals surface area contributed by atoms with Gasteiger partial charge in [0, 0.05) is 12.0 Å². The highest BCUT2D eigenvalue weighted by Crippen LogP contribution is 2.21. The summed E-state index contributed by atoms with van der Waals surface area (Å²) in [6.45, 7) is 0. The average molecular weight is 299 g/mol. The average Bonchev–Trinajstić information content (AvgIpc) is 2.50. The third-order valence-electron chi connectivity index (χ3n) is 3.44. The van der Waals surface area contributed by atoms with Crippen LogP contribution < -0.4 is 0 Å². The molecule has 0 aliphatic heterocycles. The van der Waals surface area contributed by atoms with Crippen LogP contribution in [0.15, 0.2) is 60.7 Å². The van der Waals surface area contributed by atoms with E-state index in [0.29, 0.717) is 11.1 Å². The molecule has 0 aliphatic carbocycles. The molecule has 0 heterocycles. The Morgan fingerprint density at radius 3 is 2.57 bits per heavy atom. The number of carbonyl (C=O) groups excluding carboxylic acids is 1. The number of ketones is 1. The molecule has 0 aliphatic rings. The molecule has 0 saturated carbocycles. The van der Waals surface area contributed by atoms with E-state index in [9.17, 15) is 9.18 Å². The Morgan fingerprint density at radius 1 is 1.00 bits per heavy atom. The van der Waals surface area contributed by atoms with Crippen molar-refractivity contribution in [3.8, 4) is 0 Å². The molecule has 0 atom stereocenters. The van der Waals surface area contributed by atoms with Gasteiger partial charge in [0.15, 0.2) is 5.78 Å². The molecule has 0 radical (unpaired) electrons. The maximum atomic E-state index is 13.4. The van der Waals surface area contributed by atoms with Gasteiger partial charge in [-0.2, -0.15) is 0 Å². The molecule has 21 heavy (non-hydrogen) atoms. The van der Waals surface area contributed by atoms with Crippen LogP contribution in [0.4, 0.5) is 4.39 Å². The van der Waals surface area contributed by atoms with Crippen LogP contribution in [0.1, 0.15) is 15.9 Å². The highest BCUT2D eigenvalue weighted by molar-refractivity contribution is 6.30. The van der Waals surface area contributed by atoms with E-state index in [1.165, 1.54) is 12.1 Å². The minimum absolute atomic E-state index is 0.0338. The molecule has 3 aromatic carbocycles. The zero-order chi connectivity index (χ0) is 14.8. The standard InChI is InChI=1S/C18H12ClFO/c19-16-9-8-12(10-17(16)20)11-18(21)15-7-3-5-13-4-1-2-6-14(13)15/h1-10H,11H2. The smallest absolute Gasteiger partial charge is 0.167 e. The van der Waals surface area contributed by atoms with Gasteiger partial charge in [0.2, 0.25) is 0 Å². The first-order chi connectivity index (χ1) is 10.1. The summed E-state index contributed by atoms with van der Waals surface area (Å²) in [5.74, 6) is -0.534. The Labute approximate surface area is 127 Å². The topological polar surface area (TPSA) is 17.1 Å². The molecular formula is C18H12ClFO. The maximum Gasteiger partial charge on any atom is 0.167 e. The number of carbonyl (C=O) groups is 1. The molecule has 0 bridgehead atoms. The van der Waals surface area contributed by atoms with Crippen LogP contribution >= 0.6 is 11.6 Å². The van der Waals surface area contributed by atoms with Gasteiger partial charge in [-0.15, -0.1) is 0 Å². The molecular weight excluding hydrogens is 287 g/mol. The predicted octanol–water partition coefficient (Wildman–Crippen LogP) is 5.06. The zero-order valence-electron chi connectivity index (χ0n) is 11.1. The third kappa shape index (κ3) is 2.81. The van der Waals surface area contributed by atoms with E-state index >= 15 is 0 Å². The summed E-state index contributed by atoms with van der Waals surface area (Å²) in [5, 5.41) is 2.00. The second kappa shape index (κ2) is 5.66. The third-order valence-corrected chi connectivity index (χ3v) is 3.75. The molecule has 104 valence electrons. The Kier molecular flexibility index (Phi) is 3.72. The van der Waals surface area contributed by atoms with Crippen LogP contribution in [-0.2, 0) is 6.42 Å². The number of Topliss-reactive ketones (excluding diaryl/α,β-unsaturated/α-hetero) is 1. The van der Waals surface area contributed by atoms with Crippen LogP contribution in [0.2, 0.25) is 5.02 Å². The van der Waals surface area contributed by atoms with E-state index < -0.39 is 5.82 Å². The molecule has 1 nitrogen and oxygen atoms in total. The number of hydrogen-bond acceptors (Lipinski definition) is 1. The molecule has 3 heteroatoms. The molecule has 3 aromatic rings. The van der Waals surface area contributed by atoms with Crippen molar-refractivity contribution in [3.63, 3.8) is 0 Å². The Bertz CT molecular complexity index is 821. The fourth-order valence-corrected chi connectivity index (χ4v) is 2.52. The van der Waals surface area contributed by atoms with Crippen molar-refractivity contribution >= 4 is 28.2 Å². The van der Waals surface area contributed by atoms with Gasteiger partial charge in [-0.05, 0) is 28.5 Å². The number of fused-ring (bicyclic) bond motifs is 1. The van der Waals surface area contributed by atoms with Crippen molar-refractivity contribution in [2.75, 3.05) is 0 Å². The van der Waals surface area contributed by atoms with Gasteiger partial charge in [-0.25, -0.2) is 4.39 Å². The van der Waals surface area contributed by atoms with Crippen molar-refractivity contribution < 1.29 is 9.18 Å². The van der Waals surface area contributed by atoms with Gasteiger partial charge in [0.05, 0.1) is 5.02 Å². The van der Waals surface area contributed by atoms with E-state index in [-0.39, 0.29) is 17.2 Å². The maximum absolute atomic E-state index is 13.4. The number of halogens is 2. The van der Waals surface area contributed by atoms with Crippen LogP contribution in [0, 0.1) is 5.82 Å². The summed E-state index contributed by atoms with van der Waals surface area (Å²) in [7, 11) is 0. The summed E-state index contributed by atoms with van der Waals surface area (Å²) >= 11 is 5.65. The summed E-state index contributed by atoms with van der Waals surface area (Å²) in [5.41, 5.74) is 1.28. The van der Waals surface area contributed by atoms with Gasteiger partial charge in [-0.3, -0.25) is 4.79 Å². The monoisotopic (exact) mass is 298 g/mol. The summed E-state index contributed by atoms with van der Waals surface area (Å²) in [6.07, 6.45) is 0.155. The van der Waals surface area contributed by atoms with Crippen LogP contribution in [-0.4, -0.2) is 5.78 Å². The van der Waals surface area contributed by atoms with E-state index in [0.717, 1.165) is 10.8 Å². The molecule has 0 spiro atoms. The lowest BCUT2D eigenvalue weighted by Gasteiger charge is -2.06. The minimum atomic E-state index is -0.500. The fourth-order valence-electron chi connectivity index (χ4n) is 2.40. The van der Waals surface area contributed by atoms with E-state index in [1.54, 1.807) is 12.1 Å². The largest absolute Gasteiger partial charge is 0.294 e. The molecule has 0 unspecified atom stereocenters. The highest BCUT2D eigenvalue weighted by Gasteiger charge is 2.11. The fraction of sp³-hybridized carbons (Fsp3) is 0.0556. The second-order valence-electron chi connectivity index (χ2n) is 4.88. The lowest BCUT2D eigenvalue weighted by molar-refractivity contribution is 0.0994. The molecule has 3 rings (SSSR count). The van der Waals surface area contributed by atoms with Gasteiger partial charge in [0.1, 0.15) is 5.82 Å². The lowest BCUT2D eigenvalue weighted by atomic mass is 9.97. The van der Waals surface area contributed by atoms with Crippen molar-refractivity contribution in [3.05, 3.63) is 82.6 Å². The van der Waals surface area contributed by atoms with Crippen molar-refractivity contribution in [1.29, 1.82) is 0 Å². The zero-order valence-corrected chi connectivity index (χ0v) is 11.9. The number of benzene rings is 3. The second-order valence-corrected chi connectivity index (χ2v) is 5.28. The highest BCUT2D eigenvalue weighted by atomic mass is 35.5. The van der Waals surface area contributed by atoms with E-state index in [1.807, 2.05) is 36.4 Å². The Morgan fingerprint density at radius 2 is 1.76 bits per heavy atom. The van der Waals surface area contributed by atoms with Crippen LogP contribution in [0.25, 0.3) is 10.8 Å². The molecule has 0 saturated heterocycles. The van der Waals surface area contributed by atoms with E-state index in [4.69, 9.17) is 11.6 Å². The van der Waals surface area contributed by atoms with Gasteiger partial charge in [0.25, 0.3) is 0 Å². The first kappa shape index (κ1) is 13.8. The van der Waals surface area contributed by atoms with E-state index in [2.05, 4.69) is 0 Å². The normalized spacial score (nSPS) is 10.8. The molecule has 0 aromatic heterocycles. The summed E-state index contributed by atoms with van der Waals surface area (Å²) in [6, 6.07) is 17.8. The Hall–Kier alpha value is -2.19. The van der Waals surface area contributed by atoms with Crippen LogP contribution in [0.5, 0.6) is 0 Å². The summed E-state index contributed by atoms with van der Waals surface area (Å²) < 4.78 is 13.4.